The van der Waals surface area contributed by atoms with Crippen LogP contribution >= 0.6 is 0 Å². The number of nitrogens with zero attached hydrogens (tertiary/aromatic N) is 1. The highest BCUT2D eigenvalue weighted by molar-refractivity contribution is 6.20. The van der Waals surface area contributed by atoms with Gasteiger partial charge in [-0.15, -0.1) is 0 Å². The molecule has 2 aliphatic heterocycles. The summed E-state index contributed by atoms with van der Waals surface area (Å²) in [7, 11) is 0. The summed E-state index contributed by atoms with van der Waals surface area (Å²) in [5.74, 6) is -3.30. The van der Waals surface area contributed by atoms with E-state index < -0.39 is 23.8 Å². The fraction of sp³-hybridized carbons (Fsp3) is 0.250. The van der Waals surface area contributed by atoms with Crippen molar-refractivity contribution in [3.63, 3.8) is 0 Å². The largest absolute Gasteiger partial charge is 0.419 e. The lowest BCUT2D eigenvalue weighted by atomic mass is 10.2. The average molecular weight is 345 g/mol. The molecule has 0 aromatic heterocycles. The zero-order valence-corrected chi connectivity index (χ0v) is 13.5. The summed E-state index contributed by atoms with van der Waals surface area (Å²) in [6.07, 6.45) is 1.16. The maximum atomic E-state index is 11.9. The molecule has 1 aromatic rings. The summed E-state index contributed by atoms with van der Waals surface area (Å²) in [5.41, 5.74) is 0.529. The second kappa shape index (κ2) is 5.93. The van der Waals surface area contributed by atoms with E-state index in [2.05, 4.69) is 10.6 Å². The Morgan fingerprint density at radius 1 is 1.16 bits per heavy atom. The van der Waals surface area contributed by atoms with Crippen LogP contribution in [0.15, 0.2) is 36.0 Å². The van der Waals surface area contributed by atoms with Crippen molar-refractivity contribution in [1.82, 2.24) is 5.32 Å². The number of esters is 2. The van der Waals surface area contributed by atoms with Gasteiger partial charge in [-0.2, -0.15) is 0 Å². The molecule has 3 amide bonds. The Labute approximate surface area is 142 Å². The zero-order chi connectivity index (χ0) is 18.2. The van der Waals surface area contributed by atoms with Crippen molar-refractivity contribution in [3.05, 3.63) is 36.0 Å². The van der Waals surface area contributed by atoms with E-state index in [1.165, 1.54) is 19.9 Å². The number of amides is 3. The van der Waals surface area contributed by atoms with Gasteiger partial charge in [0.2, 0.25) is 0 Å². The van der Waals surface area contributed by atoms with Gasteiger partial charge < -0.3 is 20.1 Å². The fourth-order valence-electron chi connectivity index (χ4n) is 2.35. The lowest BCUT2D eigenvalue weighted by Gasteiger charge is -2.29. The minimum atomic E-state index is -1.31. The summed E-state index contributed by atoms with van der Waals surface area (Å²) in [5, 5.41) is 5.19. The Bertz CT molecular complexity index is 776. The van der Waals surface area contributed by atoms with Crippen LogP contribution in [0.2, 0.25) is 0 Å². The van der Waals surface area contributed by atoms with Crippen LogP contribution in [-0.2, 0) is 23.9 Å². The van der Waals surface area contributed by atoms with E-state index in [1.807, 2.05) is 0 Å². The number of cyclic esters (lactones) is 2. The van der Waals surface area contributed by atoms with Crippen molar-refractivity contribution >= 4 is 35.3 Å². The topological polar surface area (TPSA) is 114 Å². The maximum absolute atomic E-state index is 11.9. The Morgan fingerprint density at radius 3 is 2.44 bits per heavy atom. The van der Waals surface area contributed by atoms with E-state index in [1.54, 1.807) is 18.2 Å². The van der Waals surface area contributed by atoms with Crippen LogP contribution in [0.5, 0.6) is 0 Å². The van der Waals surface area contributed by atoms with Crippen LogP contribution in [-0.4, -0.2) is 36.2 Å². The molecule has 2 fully saturated rings. The molecule has 0 radical (unpaired) electrons. The molecule has 2 N–H and O–H groups in total. The van der Waals surface area contributed by atoms with Gasteiger partial charge in [-0.25, -0.2) is 19.3 Å². The molecule has 25 heavy (non-hydrogen) atoms. The van der Waals surface area contributed by atoms with Gasteiger partial charge in [0.1, 0.15) is 0 Å². The van der Waals surface area contributed by atoms with E-state index >= 15 is 0 Å². The first-order valence-electron chi connectivity index (χ1n) is 7.41. The first-order chi connectivity index (χ1) is 11.8. The SMILES string of the molecule is CC1(C)OC(=O)C(=CNc2cccc(N3C(=O)CNC3=O)c2)C(=O)O1. The number of carbonyl (C=O) groups excluding carboxylic acids is 4. The van der Waals surface area contributed by atoms with Gasteiger partial charge in [0.15, 0.2) is 5.57 Å². The van der Waals surface area contributed by atoms with Crippen LogP contribution in [0.4, 0.5) is 16.2 Å². The molecule has 130 valence electrons. The zero-order valence-electron chi connectivity index (χ0n) is 13.5. The number of benzene rings is 1. The summed E-state index contributed by atoms with van der Waals surface area (Å²) in [4.78, 5) is 48.2. The molecule has 0 aliphatic carbocycles. The Kier molecular flexibility index (Phi) is 3.91. The quantitative estimate of drug-likeness (QED) is 0.362. The number of hydrogen-bond donors (Lipinski definition) is 2. The molecule has 3 rings (SSSR count). The molecule has 2 heterocycles. The van der Waals surface area contributed by atoms with Crippen molar-refractivity contribution in [2.24, 2.45) is 0 Å². The van der Waals surface area contributed by atoms with Gasteiger partial charge in [-0.3, -0.25) is 4.79 Å². The third kappa shape index (κ3) is 3.30. The summed E-state index contributed by atoms with van der Waals surface area (Å²) in [6, 6.07) is 5.87. The number of nitrogens with one attached hydrogen (secondary N) is 2. The second-order valence-electron chi connectivity index (χ2n) is 5.82. The van der Waals surface area contributed by atoms with Crippen molar-refractivity contribution in [2.45, 2.75) is 19.6 Å². The number of carbonyl (C=O) groups is 4. The molecule has 9 nitrogen and oxygen atoms in total. The molecule has 0 atom stereocenters. The number of anilines is 2. The molecule has 0 saturated carbocycles. The van der Waals surface area contributed by atoms with Gasteiger partial charge in [-0.05, 0) is 18.2 Å². The van der Waals surface area contributed by atoms with Gasteiger partial charge >= 0.3 is 18.0 Å². The monoisotopic (exact) mass is 345 g/mol. The highest BCUT2D eigenvalue weighted by Gasteiger charge is 2.39. The predicted molar refractivity (Wildman–Crippen MR) is 85.3 cm³/mol. The van der Waals surface area contributed by atoms with Crippen LogP contribution in [0.3, 0.4) is 0 Å². The second-order valence-corrected chi connectivity index (χ2v) is 5.82. The number of rotatable bonds is 3. The summed E-state index contributed by atoms with van der Waals surface area (Å²) < 4.78 is 9.96. The van der Waals surface area contributed by atoms with Crippen LogP contribution in [0.25, 0.3) is 0 Å². The molecule has 0 unspecified atom stereocenters. The van der Waals surface area contributed by atoms with E-state index in [0.29, 0.717) is 11.4 Å². The highest BCUT2D eigenvalue weighted by Crippen LogP contribution is 2.24. The number of imide groups is 1. The van der Waals surface area contributed by atoms with Crippen LogP contribution in [0, 0.1) is 0 Å². The molecular weight excluding hydrogens is 330 g/mol. The number of ether oxygens (including phenoxy) is 2. The van der Waals surface area contributed by atoms with Crippen LogP contribution < -0.4 is 15.5 Å². The Balaban J connectivity index is 1.79. The molecule has 2 aliphatic rings. The summed E-state index contributed by atoms with van der Waals surface area (Å²) >= 11 is 0. The molecule has 1 aromatic carbocycles. The van der Waals surface area contributed by atoms with Gasteiger partial charge in [0, 0.05) is 25.7 Å². The lowest BCUT2D eigenvalue weighted by Crippen LogP contribution is -2.42. The fourth-order valence-corrected chi connectivity index (χ4v) is 2.35. The minimum absolute atomic E-state index is 0.0615. The lowest BCUT2D eigenvalue weighted by molar-refractivity contribution is -0.222. The Hall–Kier alpha value is -3.36. The first-order valence-corrected chi connectivity index (χ1v) is 7.41. The third-order valence-electron chi connectivity index (χ3n) is 3.45. The molecule has 0 spiro atoms. The molecule has 0 bridgehead atoms. The van der Waals surface area contributed by atoms with E-state index in [0.717, 1.165) is 11.1 Å². The standard InChI is InChI=1S/C16H15N3O6/c1-16(2)24-13(21)11(14(22)25-16)7-17-9-4-3-5-10(6-9)19-12(20)8-18-15(19)23/h3-7,17H,8H2,1-2H3,(H,18,23). The van der Waals surface area contributed by atoms with E-state index in [4.69, 9.17) is 9.47 Å². The smallest absolute Gasteiger partial charge is 0.350 e. The maximum Gasteiger partial charge on any atom is 0.350 e. The molecule has 2 saturated heterocycles. The Morgan fingerprint density at radius 2 is 1.84 bits per heavy atom. The first kappa shape index (κ1) is 16.5. The number of hydrogen-bond acceptors (Lipinski definition) is 7. The number of urea groups is 1. The van der Waals surface area contributed by atoms with Crippen molar-refractivity contribution in [3.8, 4) is 0 Å². The molecule has 9 heteroatoms. The van der Waals surface area contributed by atoms with Gasteiger partial charge in [0.05, 0.1) is 12.2 Å². The molecular formula is C16H15N3O6. The normalized spacial score (nSPS) is 19.3. The van der Waals surface area contributed by atoms with Gasteiger partial charge in [-0.1, -0.05) is 6.07 Å². The summed E-state index contributed by atoms with van der Waals surface area (Å²) in [6.45, 7) is 2.84. The van der Waals surface area contributed by atoms with Crippen molar-refractivity contribution < 1.29 is 28.7 Å². The van der Waals surface area contributed by atoms with Crippen molar-refractivity contribution in [2.75, 3.05) is 16.8 Å². The third-order valence-corrected chi connectivity index (χ3v) is 3.45. The van der Waals surface area contributed by atoms with Crippen molar-refractivity contribution in [1.29, 1.82) is 0 Å². The van der Waals surface area contributed by atoms with E-state index in [-0.39, 0.29) is 18.0 Å². The van der Waals surface area contributed by atoms with Crippen LogP contribution in [0.1, 0.15) is 13.8 Å². The minimum Gasteiger partial charge on any atom is -0.419 e. The highest BCUT2D eigenvalue weighted by atomic mass is 16.7. The average Bonchev–Trinajstić information content (AvgIpc) is 2.84. The van der Waals surface area contributed by atoms with E-state index in [9.17, 15) is 19.2 Å². The van der Waals surface area contributed by atoms with Gasteiger partial charge in [0.25, 0.3) is 11.7 Å². The predicted octanol–water partition coefficient (Wildman–Crippen LogP) is 0.875.